The molecule has 1 atom stereocenters. The van der Waals surface area contributed by atoms with Gasteiger partial charge in [-0.25, -0.2) is 0 Å². The Balaban J connectivity index is 3.90. The number of allylic oxidation sites excluding steroid dienone is 8. The zero-order valence-corrected chi connectivity index (χ0v) is 53.2. The lowest BCUT2D eigenvalue weighted by Gasteiger charge is -2.18. The minimum atomic E-state index is -0.775. The van der Waals surface area contributed by atoms with Crippen molar-refractivity contribution in [3.05, 3.63) is 48.6 Å². The third-order valence-electron chi connectivity index (χ3n) is 15.8. The predicted octanol–water partition coefficient (Wildman–Crippen LogP) is 24.1. The van der Waals surface area contributed by atoms with Crippen LogP contribution in [-0.4, -0.2) is 37.2 Å². The van der Waals surface area contributed by atoms with Crippen LogP contribution in [0.25, 0.3) is 0 Å². The van der Waals surface area contributed by atoms with Crippen LogP contribution in [0.15, 0.2) is 48.6 Å². The van der Waals surface area contributed by atoms with E-state index in [-0.39, 0.29) is 31.1 Å². The molecule has 0 fully saturated rings. The Labute approximate surface area is 492 Å². The van der Waals surface area contributed by atoms with Crippen molar-refractivity contribution in [3.63, 3.8) is 0 Å². The summed E-state index contributed by atoms with van der Waals surface area (Å²) in [5.74, 6) is -0.883. The number of hydrogen-bond donors (Lipinski definition) is 0. The maximum atomic E-state index is 12.8. The molecule has 0 amide bonds. The van der Waals surface area contributed by atoms with E-state index in [9.17, 15) is 14.4 Å². The fourth-order valence-electron chi connectivity index (χ4n) is 10.5. The largest absolute Gasteiger partial charge is 0.462 e. The van der Waals surface area contributed by atoms with Crippen LogP contribution in [0.5, 0.6) is 0 Å². The van der Waals surface area contributed by atoms with Gasteiger partial charge in [0, 0.05) is 19.3 Å². The van der Waals surface area contributed by atoms with E-state index in [0.717, 1.165) is 83.5 Å². The van der Waals surface area contributed by atoms with Crippen molar-refractivity contribution in [2.24, 2.45) is 0 Å². The van der Waals surface area contributed by atoms with Crippen molar-refractivity contribution in [1.29, 1.82) is 0 Å². The second-order valence-electron chi connectivity index (χ2n) is 23.8. The molecule has 0 spiro atoms. The van der Waals surface area contributed by atoms with Crippen molar-refractivity contribution in [3.8, 4) is 0 Å². The Bertz CT molecular complexity index is 1360. The van der Waals surface area contributed by atoms with E-state index in [1.165, 1.54) is 257 Å². The maximum absolute atomic E-state index is 12.8. The molecule has 462 valence electrons. The quantitative estimate of drug-likeness (QED) is 0.0261. The summed E-state index contributed by atoms with van der Waals surface area (Å²) in [7, 11) is 0. The summed E-state index contributed by atoms with van der Waals surface area (Å²) >= 11 is 0. The van der Waals surface area contributed by atoms with Gasteiger partial charge in [-0.1, -0.05) is 326 Å². The molecule has 0 heterocycles. The fraction of sp³-hybridized carbons (Fsp3) is 0.849. The van der Waals surface area contributed by atoms with Crippen LogP contribution in [0.2, 0.25) is 0 Å². The molecule has 0 N–H and O–H groups in total. The molecule has 0 aliphatic carbocycles. The van der Waals surface area contributed by atoms with Gasteiger partial charge in [-0.2, -0.15) is 0 Å². The lowest BCUT2D eigenvalue weighted by Crippen LogP contribution is -2.30. The van der Waals surface area contributed by atoms with Crippen molar-refractivity contribution >= 4 is 17.9 Å². The molecule has 6 nitrogen and oxygen atoms in total. The number of ether oxygens (including phenoxy) is 3. The molecule has 79 heavy (non-hydrogen) atoms. The van der Waals surface area contributed by atoms with Gasteiger partial charge in [-0.3, -0.25) is 14.4 Å². The first-order valence-corrected chi connectivity index (χ1v) is 35.1. The minimum Gasteiger partial charge on any atom is -0.462 e. The van der Waals surface area contributed by atoms with Crippen LogP contribution < -0.4 is 0 Å². The van der Waals surface area contributed by atoms with E-state index in [0.29, 0.717) is 19.3 Å². The number of rotatable bonds is 65. The third kappa shape index (κ3) is 66.1. The van der Waals surface area contributed by atoms with Gasteiger partial charge in [0.25, 0.3) is 0 Å². The molecular formula is C73H134O6. The molecule has 0 radical (unpaired) electrons. The van der Waals surface area contributed by atoms with Crippen molar-refractivity contribution < 1.29 is 28.6 Å². The van der Waals surface area contributed by atoms with Crippen molar-refractivity contribution in [1.82, 2.24) is 0 Å². The molecule has 1 unspecified atom stereocenters. The van der Waals surface area contributed by atoms with E-state index in [1.54, 1.807) is 0 Å². The minimum absolute atomic E-state index is 0.0751. The van der Waals surface area contributed by atoms with Gasteiger partial charge in [0.1, 0.15) is 13.2 Å². The Morgan fingerprint density at radius 1 is 0.253 bits per heavy atom. The predicted molar refractivity (Wildman–Crippen MR) is 344 cm³/mol. The molecule has 6 heteroatoms. The zero-order valence-electron chi connectivity index (χ0n) is 53.2. The Morgan fingerprint density at radius 3 is 0.722 bits per heavy atom. The summed E-state index contributed by atoms with van der Waals surface area (Å²) in [5, 5.41) is 0. The average Bonchev–Trinajstić information content (AvgIpc) is 3.45. The van der Waals surface area contributed by atoms with E-state index >= 15 is 0 Å². The van der Waals surface area contributed by atoms with E-state index in [2.05, 4.69) is 69.4 Å². The van der Waals surface area contributed by atoms with Crippen LogP contribution in [0.1, 0.15) is 380 Å². The van der Waals surface area contributed by atoms with E-state index in [4.69, 9.17) is 14.2 Å². The van der Waals surface area contributed by atoms with Crippen molar-refractivity contribution in [2.45, 2.75) is 386 Å². The molecule has 0 aromatic heterocycles. The third-order valence-corrected chi connectivity index (χ3v) is 15.8. The smallest absolute Gasteiger partial charge is 0.306 e. The first-order valence-electron chi connectivity index (χ1n) is 35.1. The molecule has 0 aliphatic rings. The van der Waals surface area contributed by atoms with Gasteiger partial charge >= 0.3 is 17.9 Å². The molecule has 0 saturated heterocycles. The summed E-state index contributed by atoms with van der Waals surface area (Å²) < 4.78 is 16.8. The summed E-state index contributed by atoms with van der Waals surface area (Å²) in [5.41, 5.74) is 0. The first kappa shape index (κ1) is 76.4. The number of unbranched alkanes of at least 4 members (excludes halogenated alkanes) is 46. The van der Waals surface area contributed by atoms with Crippen LogP contribution in [-0.2, 0) is 28.6 Å². The zero-order chi connectivity index (χ0) is 57.1. The van der Waals surface area contributed by atoms with Crippen LogP contribution >= 0.6 is 0 Å². The molecule has 0 aromatic carbocycles. The lowest BCUT2D eigenvalue weighted by molar-refractivity contribution is -0.167. The summed E-state index contributed by atoms with van der Waals surface area (Å²) in [6.07, 6.45) is 86.4. The van der Waals surface area contributed by atoms with Crippen LogP contribution in [0, 0.1) is 0 Å². The summed E-state index contributed by atoms with van der Waals surface area (Å²) in [6.45, 7) is 6.58. The Hall–Kier alpha value is -2.63. The lowest BCUT2D eigenvalue weighted by atomic mass is 10.0. The van der Waals surface area contributed by atoms with Gasteiger partial charge in [-0.05, 0) is 83.5 Å². The molecule has 0 aliphatic heterocycles. The SMILES string of the molecule is CCCCCCC/C=C\C/C=C\C/C=C\CCCCCCCCC(=O)OC(COC(=O)CCCCCCC)COC(=O)CCCCCCCCCCCCCCCCCCCCCCCCC/C=C\CCCCCCCCCC. The van der Waals surface area contributed by atoms with Crippen LogP contribution in [0.4, 0.5) is 0 Å². The first-order chi connectivity index (χ1) is 39.0. The fourth-order valence-corrected chi connectivity index (χ4v) is 10.5. The second kappa shape index (κ2) is 67.9. The Kier molecular flexibility index (Phi) is 65.6. The highest BCUT2D eigenvalue weighted by molar-refractivity contribution is 5.71. The molecule has 0 aromatic rings. The molecule has 0 bridgehead atoms. The van der Waals surface area contributed by atoms with Gasteiger partial charge in [0.05, 0.1) is 0 Å². The van der Waals surface area contributed by atoms with Gasteiger partial charge in [-0.15, -0.1) is 0 Å². The maximum Gasteiger partial charge on any atom is 0.306 e. The van der Waals surface area contributed by atoms with Crippen LogP contribution in [0.3, 0.4) is 0 Å². The standard InChI is InChI=1S/C73H134O6/c1-4-7-10-13-15-17-19-21-23-25-27-29-30-31-32-33-34-35-36-37-38-39-40-41-42-44-45-47-49-51-53-55-57-60-63-66-72(75)78-69-70(68-77-71(74)65-62-59-12-9-6-3)79-73(76)67-64-61-58-56-54-52-50-48-46-43-28-26-24-22-20-18-16-14-11-8-5-2/h20,22,25-28,46,48,70H,4-19,21,23-24,29-45,47,49-69H2,1-3H3/b22-20-,27-25-,28-26-,48-46-. The highest BCUT2D eigenvalue weighted by Crippen LogP contribution is 2.18. The summed E-state index contributed by atoms with van der Waals surface area (Å²) in [6, 6.07) is 0. The number of hydrogen-bond acceptors (Lipinski definition) is 6. The molecular weight excluding hydrogens is 973 g/mol. The normalized spacial score (nSPS) is 12.3. The monoisotopic (exact) mass is 1110 g/mol. The molecule has 0 saturated carbocycles. The molecule has 0 rings (SSSR count). The van der Waals surface area contributed by atoms with Crippen molar-refractivity contribution in [2.75, 3.05) is 13.2 Å². The number of esters is 3. The number of carbonyl (C=O) groups excluding carboxylic acids is 3. The van der Waals surface area contributed by atoms with E-state index in [1.807, 2.05) is 0 Å². The second-order valence-corrected chi connectivity index (χ2v) is 23.8. The average molecular weight is 1110 g/mol. The van der Waals surface area contributed by atoms with Gasteiger partial charge in [0.2, 0.25) is 0 Å². The summed E-state index contributed by atoms with van der Waals surface area (Å²) in [4.78, 5) is 38.0. The van der Waals surface area contributed by atoms with Gasteiger partial charge < -0.3 is 14.2 Å². The van der Waals surface area contributed by atoms with Gasteiger partial charge in [0.15, 0.2) is 6.10 Å². The topological polar surface area (TPSA) is 78.9 Å². The Morgan fingerprint density at radius 2 is 0.456 bits per heavy atom. The highest BCUT2D eigenvalue weighted by atomic mass is 16.6. The van der Waals surface area contributed by atoms with E-state index < -0.39 is 6.10 Å². The highest BCUT2D eigenvalue weighted by Gasteiger charge is 2.19. The number of carbonyl (C=O) groups is 3.